The molecule has 1 aromatic rings. The van der Waals surface area contributed by atoms with Crippen LogP contribution in [0.1, 0.15) is 25.5 Å². The van der Waals surface area contributed by atoms with Crippen molar-refractivity contribution in [2.24, 2.45) is 0 Å². The van der Waals surface area contributed by atoms with Crippen LogP contribution in [0.3, 0.4) is 0 Å². The van der Waals surface area contributed by atoms with E-state index >= 15 is 0 Å². The van der Waals surface area contributed by atoms with Crippen LogP contribution in [-0.4, -0.2) is 37.1 Å². The summed E-state index contributed by atoms with van der Waals surface area (Å²) in [6.07, 6.45) is 2.04. The maximum absolute atomic E-state index is 9.22. The third-order valence-corrected chi connectivity index (χ3v) is 3.31. The zero-order valence-electron chi connectivity index (χ0n) is 12.0. The van der Waals surface area contributed by atoms with Crippen LogP contribution in [-0.2, 0) is 16.0 Å². The van der Waals surface area contributed by atoms with Crippen molar-refractivity contribution in [2.45, 2.75) is 38.5 Å². The molecular weight excluding hydrogens is 258 g/mol. The number of methoxy groups -OCH3 is 1. The normalized spacial score (nSPS) is 19.8. The Balaban J connectivity index is 2.20. The van der Waals surface area contributed by atoms with Gasteiger partial charge in [-0.2, -0.15) is 5.26 Å². The largest absolute Gasteiger partial charge is 0.472 e. The molecule has 0 radical (unpaired) electrons. The molecule has 0 bridgehead atoms. The molecule has 1 aromatic heterocycles. The van der Waals surface area contributed by atoms with Crippen molar-refractivity contribution in [3.8, 4) is 11.9 Å². The summed E-state index contributed by atoms with van der Waals surface area (Å²) in [5.74, 6) is 0.529. The first-order valence-electron chi connectivity index (χ1n) is 6.82. The summed E-state index contributed by atoms with van der Waals surface area (Å²) >= 11 is 0. The van der Waals surface area contributed by atoms with E-state index in [0.29, 0.717) is 30.4 Å². The Labute approximate surface area is 119 Å². The average Bonchev–Trinajstić information content (AvgIpc) is 3.02. The molecule has 2 atom stereocenters. The van der Waals surface area contributed by atoms with E-state index in [0.717, 1.165) is 19.4 Å². The van der Waals surface area contributed by atoms with E-state index in [1.165, 1.54) is 0 Å². The lowest BCUT2D eigenvalue weighted by Gasteiger charge is -2.19. The number of hydrogen-bond acceptors (Lipinski definition) is 5. The highest BCUT2D eigenvalue weighted by Gasteiger charge is 2.22. The fraction of sp³-hybridized carbons (Fsp3) is 0.643. The Bertz CT molecular complexity index is 487. The van der Waals surface area contributed by atoms with Gasteiger partial charge in [0.15, 0.2) is 0 Å². The molecule has 2 N–H and O–H groups in total. The van der Waals surface area contributed by atoms with Gasteiger partial charge in [0.25, 0.3) is 0 Å². The van der Waals surface area contributed by atoms with Crippen molar-refractivity contribution >= 4 is 5.69 Å². The third kappa shape index (κ3) is 3.24. The molecule has 6 nitrogen and oxygen atoms in total. The highest BCUT2D eigenvalue weighted by atomic mass is 16.5. The fourth-order valence-corrected chi connectivity index (χ4v) is 2.41. The highest BCUT2D eigenvalue weighted by molar-refractivity contribution is 5.55. The molecule has 1 aliphatic rings. The average molecular weight is 279 g/mol. The minimum Gasteiger partial charge on any atom is -0.472 e. The Morgan fingerprint density at radius 2 is 2.45 bits per heavy atom. The predicted molar refractivity (Wildman–Crippen MR) is 74.5 cm³/mol. The quantitative estimate of drug-likeness (QED) is 0.854. The van der Waals surface area contributed by atoms with Gasteiger partial charge in [-0.3, -0.25) is 4.57 Å². The van der Waals surface area contributed by atoms with Crippen molar-refractivity contribution in [1.29, 1.82) is 5.26 Å². The molecule has 1 aliphatic heterocycles. The number of anilines is 1. The van der Waals surface area contributed by atoms with Gasteiger partial charge in [0.2, 0.25) is 5.88 Å². The summed E-state index contributed by atoms with van der Waals surface area (Å²) in [5.41, 5.74) is 6.93. The lowest BCUT2D eigenvalue weighted by molar-refractivity contribution is 0.0750. The molecule has 6 heteroatoms. The monoisotopic (exact) mass is 279 g/mol. The van der Waals surface area contributed by atoms with E-state index in [2.05, 4.69) is 6.07 Å². The zero-order valence-corrected chi connectivity index (χ0v) is 12.0. The Hall–Kier alpha value is -1.71. The van der Waals surface area contributed by atoms with Crippen molar-refractivity contribution in [3.63, 3.8) is 0 Å². The second-order valence-electron chi connectivity index (χ2n) is 5.03. The topological polar surface area (TPSA) is 82.4 Å². The van der Waals surface area contributed by atoms with E-state index in [-0.39, 0.29) is 12.2 Å². The van der Waals surface area contributed by atoms with Crippen LogP contribution in [0, 0.1) is 11.3 Å². The molecule has 110 valence electrons. The van der Waals surface area contributed by atoms with Crippen molar-refractivity contribution < 1.29 is 14.2 Å². The van der Waals surface area contributed by atoms with Gasteiger partial charge in [-0.05, 0) is 19.8 Å². The number of ether oxygens (including phenoxy) is 3. The van der Waals surface area contributed by atoms with E-state index in [9.17, 15) is 5.26 Å². The standard InChI is InChI=1S/C14H21N3O3/c1-10(9-18-2)20-14-13(16)6-11(7-15)17(14)8-12-4-3-5-19-12/h6,10,12H,3-5,8-9,16H2,1-2H3. The highest BCUT2D eigenvalue weighted by Crippen LogP contribution is 2.29. The summed E-state index contributed by atoms with van der Waals surface area (Å²) in [6.45, 7) is 3.74. The first-order valence-corrected chi connectivity index (χ1v) is 6.82. The molecule has 0 amide bonds. The molecule has 0 aliphatic carbocycles. The lowest BCUT2D eigenvalue weighted by atomic mass is 10.2. The van der Waals surface area contributed by atoms with Gasteiger partial charge in [0.1, 0.15) is 17.9 Å². The SMILES string of the molecule is COCC(C)Oc1c(N)cc(C#N)n1CC1CCCO1. The minimum absolute atomic E-state index is 0.119. The molecule has 2 heterocycles. The number of nitrogens with zero attached hydrogens (tertiary/aromatic N) is 2. The summed E-state index contributed by atoms with van der Waals surface area (Å²) < 4.78 is 18.3. The molecule has 1 saturated heterocycles. The number of aromatic nitrogens is 1. The summed E-state index contributed by atoms with van der Waals surface area (Å²) in [5, 5.41) is 9.22. The van der Waals surface area contributed by atoms with Gasteiger partial charge in [0.05, 0.1) is 24.9 Å². The smallest absolute Gasteiger partial charge is 0.218 e. The summed E-state index contributed by atoms with van der Waals surface area (Å²) in [7, 11) is 1.62. The fourth-order valence-electron chi connectivity index (χ4n) is 2.41. The van der Waals surface area contributed by atoms with Crippen LogP contribution in [0.4, 0.5) is 5.69 Å². The Morgan fingerprint density at radius 1 is 1.65 bits per heavy atom. The molecule has 2 unspecified atom stereocenters. The number of nitrogens with two attached hydrogens (primary N) is 1. The second kappa shape index (κ2) is 6.64. The Kier molecular flexibility index (Phi) is 4.88. The predicted octanol–water partition coefficient (Wildman–Crippen LogP) is 1.53. The van der Waals surface area contributed by atoms with E-state index in [4.69, 9.17) is 19.9 Å². The first kappa shape index (κ1) is 14.7. The van der Waals surface area contributed by atoms with Gasteiger partial charge >= 0.3 is 0 Å². The van der Waals surface area contributed by atoms with Crippen LogP contribution in [0.5, 0.6) is 5.88 Å². The number of nitrogen functional groups attached to an aromatic ring is 1. The van der Waals surface area contributed by atoms with Gasteiger partial charge in [-0.1, -0.05) is 0 Å². The van der Waals surface area contributed by atoms with Crippen molar-refractivity contribution in [1.82, 2.24) is 4.57 Å². The third-order valence-electron chi connectivity index (χ3n) is 3.31. The number of nitriles is 1. The van der Waals surface area contributed by atoms with Crippen LogP contribution in [0.25, 0.3) is 0 Å². The number of hydrogen-bond donors (Lipinski definition) is 1. The first-order chi connectivity index (χ1) is 9.65. The van der Waals surface area contributed by atoms with Gasteiger partial charge in [0, 0.05) is 19.8 Å². The second-order valence-corrected chi connectivity index (χ2v) is 5.03. The van der Waals surface area contributed by atoms with E-state index in [1.54, 1.807) is 17.7 Å². The van der Waals surface area contributed by atoms with E-state index in [1.807, 2.05) is 6.92 Å². The maximum atomic E-state index is 9.22. The van der Waals surface area contributed by atoms with Gasteiger partial charge in [-0.15, -0.1) is 0 Å². The molecule has 20 heavy (non-hydrogen) atoms. The summed E-state index contributed by atoms with van der Waals surface area (Å²) in [4.78, 5) is 0. The van der Waals surface area contributed by atoms with E-state index < -0.39 is 0 Å². The molecular formula is C14H21N3O3. The van der Waals surface area contributed by atoms with Gasteiger partial charge in [-0.25, -0.2) is 0 Å². The summed E-state index contributed by atoms with van der Waals surface area (Å²) in [6, 6.07) is 3.79. The number of rotatable bonds is 6. The molecule has 1 fully saturated rings. The zero-order chi connectivity index (χ0) is 14.5. The molecule has 0 aromatic carbocycles. The maximum Gasteiger partial charge on any atom is 0.218 e. The van der Waals surface area contributed by atoms with Crippen molar-refractivity contribution in [3.05, 3.63) is 11.8 Å². The van der Waals surface area contributed by atoms with Crippen LogP contribution >= 0.6 is 0 Å². The molecule has 0 saturated carbocycles. The lowest BCUT2D eigenvalue weighted by Crippen LogP contribution is -2.23. The van der Waals surface area contributed by atoms with Crippen LogP contribution in [0.2, 0.25) is 0 Å². The van der Waals surface area contributed by atoms with Crippen molar-refractivity contribution in [2.75, 3.05) is 26.1 Å². The molecule has 0 spiro atoms. The van der Waals surface area contributed by atoms with Gasteiger partial charge < -0.3 is 19.9 Å². The molecule has 2 rings (SSSR count). The Morgan fingerprint density at radius 3 is 3.05 bits per heavy atom. The van der Waals surface area contributed by atoms with Crippen LogP contribution in [0.15, 0.2) is 6.07 Å². The minimum atomic E-state index is -0.132. The van der Waals surface area contributed by atoms with Crippen LogP contribution < -0.4 is 10.5 Å².